The molecule has 18 heavy (non-hydrogen) atoms. The Morgan fingerprint density at radius 1 is 1.39 bits per heavy atom. The zero-order valence-corrected chi connectivity index (χ0v) is 11.6. The fraction of sp³-hybridized carbons (Fsp3) is 0.357. The number of aliphatic hydroxyl groups excluding tert-OH is 1. The van der Waals surface area contributed by atoms with Crippen LogP contribution >= 0.6 is 11.3 Å². The van der Waals surface area contributed by atoms with Gasteiger partial charge in [-0.05, 0) is 19.9 Å². The van der Waals surface area contributed by atoms with E-state index in [0.29, 0.717) is 5.56 Å². The summed E-state index contributed by atoms with van der Waals surface area (Å²) >= 11 is 1.57. The van der Waals surface area contributed by atoms with Crippen molar-refractivity contribution in [3.63, 3.8) is 0 Å². The van der Waals surface area contributed by atoms with E-state index < -0.39 is 5.54 Å². The molecule has 0 unspecified atom stereocenters. The number of carbonyl (C=O) groups is 1. The van der Waals surface area contributed by atoms with Crippen molar-refractivity contribution in [1.29, 1.82) is 0 Å². The van der Waals surface area contributed by atoms with E-state index >= 15 is 0 Å². The number of aliphatic hydroxyl groups is 1. The largest absolute Gasteiger partial charge is 0.394 e. The third-order valence-electron chi connectivity index (χ3n) is 3.31. The van der Waals surface area contributed by atoms with Gasteiger partial charge in [-0.3, -0.25) is 4.79 Å². The predicted molar refractivity (Wildman–Crippen MR) is 75.1 cm³/mol. The first-order chi connectivity index (χ1) is 8.47. The second-order valence-corrected chi connectivity index (χ2v) is 5.89. The van der Waals surface area contributed by atoms with Gasteiger partial charge in [-0.1, -0.05) is 18.2 Å². The van der Waals surface area contributed by atoms with Crippen LogP contribution in [0.1, 0.15) is 24.2 Å². The molecule has 0 atom stereocenters. The molecule has 4 heteroatoms. The van der Waals surface area contributed by atoms with Crippen LogP contribution in [-0.4, -0.2) is 35.1 Å². The van der Waals surface area contributed by atoms with E-state index in [1.165, 1.54) is 0 Å². The number of hydrogen-bond donors (Lipinski definition) is 1. The van der Waals surface area contributed by atoms with Gasteiger partial charge in [0.05, 0.1) is 17.7 Å². The number of likely N-dealkylation sites (N-methyl/N-ethyl adjacent to an activating group) is 1. The first kappa shape index (κ1) is 13.1. The number of fused-ring (bicyclic) bond motifs is 1. The van der Waals surface area contributed by atoms with Crippen molar-refractivity contribution in [2.75, 3.05) is 13.7 Å². The highest BCUT2D eigenvalue weighted by atomic mass is 32.1. The summed E-state index contributed by atoms with van der Waals surface area (Å²) < 4.78 is 1.11. The Balaban J connectivity index is 2.40. The molecule has 1 N–H and O–H groups in total. The molecule has 0 aliphatic carbocycles. The quantitative estimate of drug-likeness (QED) is 0.925. The molecule has 0 saturated carbocycles. The summed E-state index contributed by atoms with van der Waals surface area (Å²) in [6, 6.07) is 7.87. The van der Waals surface area contributed by atoms with Crippen LogP contribution in [0.4, 0.5) is 0 Å². The van der Waals surface area contributed by atoms with E-state index in [4.69, 9.17) is 0 Å². The third kappa shape index (κ3) is 2.13. The first-order valence-corrected chi connectivity index (χ1v) is 6.70. The van der Waals surface area contributed by atoms with Crippen LogP contribution in [0, 0.1) is 0 Å². The predicted octanol–water partition coefficient (Wildman–Crippen LogP) is 2.74. The zero-order chi connectivity index (χ0) is 13.3. The first-order valence-electron chi connectivity index (χ1n) is 5.82. The van der Waals surface area contributed by atoms with Gasteiger partial charge in [0, 0.05) is 22.5 Å². The summed E-state index contributed by atoms with van der Waals surface area (Å²) in [7, 11) is 1.73. The maximum absolute atomic E-state index is 12.4. The lowest BCUT2D eigenvalue weighted by Crippen LogP contribution is -2.47. The van der Waals surface area contributed by atoms with Gasteiger partial charge < -0.3 is 10.0 Å². The normalized spacial score (nSPS) is 11.8. The Hall–Kier alpha value is -1.39. The summed E-state index contributed by atoms with van der Waals surface area (Å²) in [5.41, 5.74) is 0.153. The number of hydrogen-bond acceptors (Lipinski definition) is 3. The summed E-state index contributed by atoms with van der Waals surface area (Å²) in [6.07, 6.45) is 0. The molecule has 0 fully saturated rings. The van der Waals surface area contributed by atoms with Gasteiger partial charge in [0.1, 0.15) is 0 Å². The topological polar surface area (TPSA) is 40.5 Å². The molecule has 0 spiro atoms. The van der Waals surface area contributed by atoms with Gasteiger partial charge in [-0.2, -0.15) is 0 Å². The summed E-state index contributed by atoms with van der Waals surface area (Å²) in [6.45, 7) is 3.64. The Morgan fingerprint density at radius 2 is 2.06 bits per heavy atom. The van der Waals surface area contributed by atoms with Gasteiger partial charge >= 0.3 is 0 Å². The molecule has 0 radical (unpaired) electrons. The van der Waals surface area contributed by atoms with Crippen LogP contribution in [0.5, 0.6) is 0 Å². The molecular weight excluding hydrogens is 246 g/mol. The average Bonchev–Trinajstić information content (AvgIpc) is 2.80. The Morgan fingerprint density at radius 3 is 2.72 bits per heavy atom. The molecule has 1 aromatic heterocycles. The number of nitrogens with zero attached hydrogens (tertiary/aromatic N) is 1. The van der Waals surface area contributed by atoms with E-state index in [-0.39, 0.29) is 12.5 Å². The highest BCUT2D eigenvalue weighted by molar-refractivity contribution is 7.17. The Labute approximate surface area is 111 Å². The minimum absolute atomic E-state index is 0.0495. The molecule has 0 saturated heterocycles. The van der Waals surface area contributed by atoms with Crippen LogP contribution in [0.3, 0.4) is 0 Å². The number of rotatable bonds is 3. The second-order valence-electron chi connectivity index (χ2n) is 4.98. The lowest BCUT2D eigenvalue weighted by molar-refractivity contribution is 0.0475. The van der Waals surface area contributed by atoms with Crippen LogP contribution in [0.2, 0.25) is 0 Å². The highest BCUT2D eigenvalue weighted by Gasteiger charge is 2.28. The molecule has 0 aliphatic heterocycles. The molecule has 0 bridgehead atoms. The van der Waals surface area contributed by atoms with Gasteiger partial charge in [0.2, 0.25) is 0 Å². The molecule has 1 aromatic carbocycles. The van der Waals surface area contributed by atoms with Crippen LogP contribution in [0.15, 0.2) is 29.6 Å². The van der Waals surface area contributed by atoms with Crippen molar-refractivity contribution in [3.8, 4) is 0 Å². The van der Waals surface area contributed by atoms with E-state index in [9.17, 15) is 9.90 Å². The zero-order valence-electron chi connectivity index (χ0n) is 10.8. The molecule has 96 valence electrons. The minimum atomic E-state index is -0.555. The van der Waals surface area contributed by atoms with Gasteiger partial charge in [-0.25, -0.2) is 0 Å². The highest BCUT2D eigenvalue weighted by Crippen LogP contribution is 2.27. The van der Waals surface area contributed by atoms with Gasteiger partial charge in [0.25, 0.3) is 5.91 Å². The monoisotopic (exact) mass is 263 g/mol. The van der Waals surface area contributed by atoms with Gasteiger partial charge in [-0.15, -0.1) is 11.3 Å². The van der Waals surface area contributed by atoms with Crippen molar-refractivity contribution >= 4 is 27.3 Å². The molecule has 2 rings (SSSR count). The summed E-state index contributed by atoms with van der Waals surface area (Å²) in [5.74, 6) is -0.0495. The van der Waals surface area contributed by atoms with Crippen LogP contribution in [-0.2, 0) is 0 Å². The average molecular weight is 263 g/mol. The Kier molecular flexibility index (Phi) is 3.41. The lowest BCUT2D eigenvalue weighted by atomic mass is 10.0. The second kappa shape index (κ2) is 4.71. The number of carbonyl (C=O) groups excluding carboxylic acids is 1. The molecule has 1 amide bonds. The van der Waals surface area contributed by atoms with Gasteiger partial charge in [0.15, 0.2) is 0 Å². The maximum atomic E-state index is 12.4. The number of amides is 1. The van der Waals surface area contributed by atoms with Crippen molar-refractivity contribution in [2.24, 2.45) is 0 Å². The fourth-order valence-electron chi connectivity index (χ4n) is 1.71. The van der Waals surface area contributed by atoms with Crippen molar-refractivity contribution in [1.82, 2.24) is 4.90 Å². The Bertz CT molecular complexity index is 574. The smallest absolute Gasteiger partial charge is 0.255 e. The lowest BCUT2D eigenvalue weighted by Gasteiger charge is -2.33. The molecular formula is C14H17NO2S. The van der Waals surface area contributed by atoms with Crippen LogP contribution < -0.4 is 0 Å². The van der Waals surface area contributed by atoms with E-state index in [1.54, 1.807) is 23.3 Å². The van der Waals surface area contributed by atoms with Crippen molar-refractivity contribution in [2.45, 2.75) is 19.4 Å². The standard InChI is InChI=1S/C14H17NO2S/c1-14(2,9-16)15(3)13(17)11-8-18-12-7-5-4-6-10(11)12/h4-8,16H,9H2,1-3H3. The summed E-state index contributed by atoms with van der Waals surface area (Å²) in [4.78, 5) is 14.0. The fourth-order valence-corrected chi connectivity index (χ4v) is 2.64. The van der Waals surface area contributed by atoms with Crippen molar-refractivity contribution < 1.29 is 9.90 Å². The maximum Gasteiger partial charge on any atom is 0.255 e. The molecule has 1 heterocycles. The van der Waals surface area contributed by atoms with Crippen LogP contribution in [0.25, 0.3) is 10.1 Å². The number of benzene rings is 1. The van der Waals surface area contributed by atoms with Crippen molar-refractivity contribution in [3.05, 3.63) is 35.2 Å². The minimum Gasteiger partial charge on any atom is -0.394 e. The van der Waals surface area contributed by atoms with E-state index in [0.717, 1.165) is 10.1 Å². The molecule has 2 aromatic rings. The van der Waals surface area contributed by atoms with E-state index in [1.807, 2.05) is 43.5 Å². The molecule has 3 nitrogen and oxygen atoms in total. The summed E-state index contributed by atoms with van der Waals surface area (Å²) in [5, 5.41) is 12.2. The SMILES string of the molecule is CN(C(=O)c1csc2ccccc12)C(C)(C)CO. The third-order valence-corrected chi connectivity index (χ3v) is 4.27. The molecule has 0 aliphatic rings. The van der Waals surface area contributed by atoms with E-state index in [2.05, 4.69) is 0 Å². The number of thiophene rings is 1.